The number of esters is 4. The summed E-state index contributed by atoms with van der Waals surface area (Å²) >= 11 is 5.63. The lowest BCUT2D eigenvalue weighted by Crippen LogP contribution is -2.66. The van der Waals surface area contributed by atoms with Crippen molar-refractivity contribution < 1.29 is 72.0 Å². The van der Waals surface area contributed by atoms with Crippen molar-refractivity contribution in [1.82, 2.24) is 0 Å². The number of carbonyl (C=O) groups excluding carboxylic acids is 4. The molecule has 2 aromatic rings. The minimum atomic E-state index is -1.82. The van der Waals surface area contributed by atoms with Crippen LogP contribution in [0.1, 0.15) is 31.9 Å². The summed E-state index contributed by atoms with van der Waals surface area (Å²) in [6.07, 6.45) is -14.5. The highest BCUT2D eigenvalue weighted by Crippen LogP contribution is 2.34. The van der Waals surface area contributed by atoms with Gasteiger partial charge in [-0.2, -0.15) is 0 Å². The van der Waals surface area contributed by atoms with Crippen LogP contribution < -0.4 is 0 Å². The molecule has 274 valence electrons. The fourth-order valence-electron chi connectivity index (χ4n) is 5.47. The van der Waals surface area contributed by atoms with E-state index in [0.29, 0.717) is 0 Å². The zero-order valence-electron chi connectivity index (χ0n) is 27.7. The van der Waals surface area contributed by atoms with Crippen molar-refractivity contribution in [3.05, 3.63) is 71.8 Å². The van der Waals surface area contributed by atoms with E-state index in [-0.39, 0.29) is 13.2 Å². The monoisotopic (exact) mass is 724 g/mol. The van der Waals surface area contributed by atoms with Crippen molar-refractivity contribution in [1.29, 1.82) is 0 Å². The van der Waals surface area contributed by atoms with E-state index < -0.39 is 104 Å². The molecule has 2 fully saturated rings. The Kier molecular flexibility index (Phi) is 14.9. The predicted molar refractivity (Wildman–Crippen MR) is 170 cm³/mol. The molecular weight excluding hydrogens is 684 g/mol. The van der Waals surface area contributed by atoms with Crippen LogP contribution in [0.5, 0.6) is 0 Å². The van der Waals surface area contributed by atoms with Gasteiger partial charge in [0.2, 0.25) is 0 Å². The van der Waals surface area contributed by atoms with Crippen molar-refractivity contribution in [3.63, 3.8) is 0 Å². The van der Waals surface area contributed by atoms with E-state index in [2.05, 4.69) is 0 Å². The number of halogens is 1. The van der Waals surface area contributed by atoms with Gasteiger partial charge in [0.15, 0.2) is 24.8 Å². The molecule has 15 nitrogen and oxygen atoms in total. The van der Waals surface area contributed by atoms with Gasteiger partial charge in [0, 0.05) is 20.8 Å². The minimum Gasteiger partial charge on any atom is -0.463 e. The molecule has 2 saturated heterocycles. The van der Waals surface area contributed by atoms with Gasteiger partial charge < -0.3 is 52.8 Å². The molecule has 2 N–H and O–H groups in total. The van der Waals surface area contributed by atoms with Crippen LogP contribution in [-0.4, -0.2) is 115 Å². The second-order valence-corrected chi connectivity index (χ2v) is 11.8. The molecular formula is C34H41ClO15. The number of ether oxygens (including phenoxy) is 9. The topological polar surface area (TPSA) is 192 Å². The van der Waals surface area contributed by atoms with Crippen LogP contribution >= 0.6 is 11.6 Å². The van der Waals surface area contributed by atoms with Crippen LogP contribution in [0, 0.1) is 0 Å². The lowest BCUT2D eigenvalue weighted by Gasteiger charge is -2.48. The average Bonchev–Trinajstić information content (AvgIpc) is 3.09. The standard InChI is InChI=1S/C34H41ClO15/c1-19(36)42-17-25-29(45-16-23-12-8-5-9-13-23)31(32(33(41)48-25)47-21(3)38)50-34-30(46-20(2)37)27(40)28(24(49-34)18-43-26(39)14-35)44-15-22-10-6-4-7-11-22/h4-13,24-25,27-34,40-41H,14-18H2,1-3H3/t24-,25-,27+,28-,29-,30-,31+,32-,33-,34+/m1/s1. The van der Waals surface area contributed by atoms with Crippen molar-refractivity contribution in [3.8, 4) is 0 Å². The Labute approximate surface area is 293 Å². The Hall–Kier alpha value is -3.67. The summed E-state index contributed by atoms with van der Waals surface area (Å²) in [7, 11) is 0. The predicted octanol–water partition coefficient (Wildman–Crippen LogP) is 1.55. The Morgan fingerprint density at radius 3 is 1.72 bits per heavy atom. The number of benzene rings is 2. The number of carbonyl (C=O) groups is 4. The average molecular weight is 725 g/mol. The first-order valence-electron chi connectivity index (χ1n) is 15.8. The molecule has 0 amide bonds. The van der Waals surface area contributed by atoms with Crippen LogP contribution in [0.2, 0.25) is 0 Å². The van der Waals surface area contributed by atoms with Crippen LogP contribution in [0.3, 0.4) is 0 Å². The molecule has 16 heteroatoms. The van der Waals surface area contributed by atoms with Crippen LogP contribution in [-0.2, 0) is 75.0 Å². The largest absolute Gasteiger partial charge is 0.463 e. The molecule has 4 rings (SSSR count). The number of hydrogen-bond donors (Lipinski definition) is 2. The molecule has 0 aromatic heterocycles. The quantitative estimate of drug-likeness (QED) is 0.153. The van der Waals surface area contributed by atoms with Crippen molar-refractivity contribution in [2.24, 2.45) is 0 Å². The van der Waals surface area contributed by atoms with Gasteiger partial charge in [-0.1, -0.05) is 60.7 Å². The van der Waals surface area contributed by atoms with Gasteiger partial charge in [0.25, 0.3) is 0 Å². The van der Waals surface area contributed by atoms with E-state index in [0.717, 1.165) is 25.0 Å². The first kappa shape index (κ1) is 39.1. The van der Waals surface area contributed by atoms with Crippen LogP contribution in [0.4, 0.5) is 0 Å². The fraction of sp³-hybridized carbons (Fsp3) is 0.529. The molecule has 0 unspecified atom stereocenters. The Morgan fingerprint density at radius 2 is 1.18 bits per heavy atom. The summed E-state index contributed by atoms with van der Waals surface area (Å²) in [4.78, 5) is 48.3. The molecule has 0 radical (unpaired) electrons. The maximum Gasteiger partial charge on any atom is 0.320 e. The van der Waals surface area contributed by atoms with Gasteiger partial charge in [0.05, 0.1) is 13.2 Å². The highest BCUT2D eigenvalue weighted by Gasteiger charge is 2.55. The number of alkyl halides is 1. The summed E-state index contributed by atoms with van der Waals surface area (Å²) in [6.45, 7) is 2.52. The maximum atomic E-state index is 12.3. The normalized spacial score (nSPS) is 29.4. The molecule has 10 atom stereocenters. The molecule has 0 bridgehead atoms. The smallest absolute Gasteiger partial charge is 0.320 e. The molecule has 2 aromatic carbocycles. The number of aliphatic hydroxyl groups excluding tert-OH is 2. The van der Waals surface area contributed by atoms with Crippen molar-refractivity contribution in [2.75, 3.05) is 19.1 Å². The number of aliphatic hydroxyl groups is 2. The second kappa shape index (κ2) is 19.1. The molecule has 0 spiro atoms. The third-order valence-corrected chi connectivity index (χ3v) is 7.88. The van der Waals surface area contributed by atoms with E-state index in [1.165, 1.54) is 6.92 Å². The summed E-state index contributed by atoms with van der Waals surface area (Å²) in [5, 5.41) is 22.7. The Morgan fingerprint density at radius 1 is 0.660 bits per heavy atom. The van der Waals surface area contributed by atoms with Gasteiger partial charge in [-0.05, 0) is 11.1 Å². The third kappa shape index (κ3) is 11.2. The van der Waals surface area contributed by atoms with E-state index in [9.17, 15) is 29.4 Å². The third-order valence-electron chi connectivity index (χ3n) is 7.66. The SMILES string of the molecule is CC(=O)OC[C@H]1O[C@@H](O)[C@H](OC(C)=O)[C@@H](O[C@@H]2O[C@H](COC(=O)CCl)[C@@H](OCc3ccccc3)[C@H](O)[C@H]2OC(C)=O)[C@@H]1OCc1ccccc1. The molecule has 2 aliphatic rings. The van der Waals surface area contributed by atoms with E-state index in [1.54, 1.807) is 48.5 Å². The zero-order valence-corrected chi connectivity index (χ0v) is 28.4. The van der Waals surface area contributed by atoms with Crippen LogP contribution in [0.15, 0.2) is 60.7 Å². The summed E-state index contributed by atoms with van der Waals surface area (Å²) in [5.41, 5.74) is 1.48. The highest BCUT2D eigenvalue weighted by atomic mass is 35.5. The van der Waals surface area contributed by atoms with Crippen LogP contribution in [0.25, 0.3) is 0 Å². The first-order chi connectivity index (χ1) is 24.0. The first-order valence-corrected chi connectivity index (χ1v) is 16.3. The van der Waals surface area contributed by atoms with E-state index in [1.807, 2.05) is 12.1 Å². The number of hydrogen-bond acceptors (Lipinski definition) is 15. The van der Waals surface area contributed by atoms with Gasteiger partial charge in [-0.15, -0.1) is 11.6 Å². The minimum absolute atomic E-state index is 0.00188. The summed E-state index contributed by atoms with van der Waals surface area (Å²) in [5.74, 6) is -3.51. The Bertz CT molecular complexity index is 1400. The van der Waals surface area contributed by atoms with Gasteiger partial charge >= 0.3 is 23.9 Å². The second-order valence-electron chi connectivity index (χ2n) is 11.5. The molecule has 0 saturated carbocycles. The number of rotatable bonds is 15. The fourth-order valence-corrected chi connectivity index (χ4v) is 5.54. The van der Waals surface area contributed by atoms with Gasteiger partial charge in [0.1, 0.15) is 55.7 Å². The Balaban J connectivity index is 1.70. The summed E-state index contributed by atoms with van der Waals surface area (Å²) < 4.78 is 51.8. The lowest BCUT2D eigenvalue weighted by atomic mass is 9.96. The zero-order chi connectivity index (χ0) is 36.2. The van der Waals surface area contributed by atoms with E-state index >= 15 is 0 Å². The van der Waals surface area contributed by atoms with Gasteiger partial charge in [-0.25, -0.2) is 0 Å². The van der Waals surface area contributed by atoms with Crippen molar-refractivity contribution >= 4 is 35.5 Å². The van der Waals surface area contributed by atoms with E-state index in [4.69, 9.17) is 54.2 Å². The van der Waals surface area contributed by atoms with Gasteiger partial charge in [-0.3, -0.25) is 19.2 Å². The molecule has 2 aliphatic heterocycles. The molecule has 2 heterocycles. The lowest BCUT2D eigenvalue weighted by molar-refractivity contribution is -0.363. The summed E-state index contributed by atoms with van der Waals surface area (Å²) in [6, 6.07) is 18.0. The van der Waals surface area contributed by atoms with Crippen molar-refractivity contribution in [2.45, 2.75) is 95.4 Å². The highest BCUT2D eigenvalue weighted by molar-refractivity contribution is 6.26. The molecule has 0 aliphatic carbocycles. The molecule has 50 heavy (non-hydrogen) atoms. The maximum absolute atomic E-state index is 12.3.